The van der Waals surface area contributed by atoms with Gasteiger partial charge in [-0.05, 0) is 37.3 Å². The molecule has 0 saturated carbocycles. The van der Waals surface area contributed by atoms with Crippen molar-refractivity contribution >= 4 is 45.0 Å². The molecule has 5 nitrogen and oxygen atoms in total. The molecule has 1 aliphatic heterocycles. The topological polar surface area (TPSA) is 59.8 Å². The van der Waals surface area contributed by atoms with Gasteiger partial charge in [-0.2, -0.15) is 9.78 Å². The Morgan fingerprint density at radius 2 is 2.03 bits per heavy atom. The Morgan fingerprint density at radius 3 is 2.86 bits per heavy atom. The number of rotatable bonds is 2. The molecule has 9 heteroatoms. The zero-order valence-corrected chi connectivity index (χ0v) is 16.8. The van der Waals surface area contributed by atoms with E-state index in [0.29, 0.717) is 22.2 Å². The molecule has 1 aliphatic rings. The molecule has 5 rings (SSSR count). The number of carbonyl (C=O) groups excluding carboxylic acids is 1. The molecule has 2 aromatic heterocycles. The number of nitrogens with one attached hydrogen (secondary N) is 1. The van der Waals surface area contributed by atoms with Crippen molar-refractivity contribution in [2.75, 3.05) is 11.1 Å². The number of aromatic nitrogens is 3. The predicted octanol–water partition coefficient (Wildman–Crippen LogP) is 4.84. The van der Waals surface area contributed by atoms with Crippen LogP contribution in [-0.2, 0) is 4.79 Å². The highest BCUT2D eigenvalue weighted by Crippen LogP contribution is 2.45. The van der Waals surface area contributed by atoms with Crippen LogP contribution in [0.2, 0.25) is 0 Å². The Balaban J connectivity index is 1.72. The summed E-state index contributed by atoms with van der Waals surface area (Å²) in [4.78, 5) is 17.0. The number of anilines is 1. The van der Waals surface area contributed by atoms with E-state index in [2.05, 4.69) is 15.4 Å². The standard InChI is InChI=1S/C20H14F2N4OS2/c1-10-17-18(12-8-11(21)6-7-13(12)22)28-9-16(27)24-19(17)26(25-10)20-23-14-4-2-3-5-15(14)29-20/h2-8,18H,9H2,1H3,(H,24,27)/t18-/m0/s1. The van der Waals surface area contributed by atoms with Crippen LogP contribution in [-0.4, -0.2) is 26.4 Å². The van der Waals surface area contributed by atoms with Gasteiger partial charge in [0.1, 0.15) is 17.5 Å². The van der Waals surface area contributed by atoms with Crippen molar-refractivity contribution in [1.29, 1.82) is 0 Å². The van der Waals surface area contributed by atoms with Gasteiger partial charge in [-0.15, -0.1) is 11.8 Å². The molecule has 0 spiro atoms. The molecule has 4 aromatic rings. The summed E-state index contributed by atoms with van der Waals surface area (Å²) in [7, 11) is 0. The van der Waals surface area contributed by atoms with Crippen LogP contribution >= 0.6 is 23.1 Å². The first-order valence-electron chi connectivity index (χ1n) is 8.83. The Bertz CT molecular complexity index is 1230. The minimum Gasteiger partial charge on any atom is -0.310 e. The van der Waals surface area contributed by atoms with Gasteiger partial charge in [0.25, 0.3) is 0 Å². The van der Waals surface area contributed by atoms with Crippen molar-refractivity contribution < 1.29 is 13.6 Å². The number of fused-ring (bicyclic) bond motifs is 2. The third-order valence-electron chi connectivity index (χ3n) is 4.71. The second-order valence-corrected chi connectivity index (χ2v) is 8.73. The third-order valence-corrected chi connectivity index (χ3v) is 6.98. The lowest BCUT2D eigenvalue weighted by atomic mass is 10.0. The summed E-state index contributed by atoms with van der Waals surface area (Å²) in [5.41, 5.74) is 2.31. The van der Waals surface area contributed by atoms with E-state index in [9.17, 15) is 13.6 Å². The van der Waals surface area contributed by atoms with Gasteiger partial charge < -0.3 is 5.32 Å². The summed E-state index contributed by atoms with van der Waals surface area (Å²) >= 11 is 2.69. The molecule has 0 saturated heterocycles. The average Bonchev–Trinajstić information content (AvgIpc) is 3.21. The molecular formula is C20H14F2N4OS2. The fourth-order valence-corrected chi connectivity index (χ4v) is 5.56. The fourth-order valence-electron chi connectivity index (χ4n) is 3.43. The Morgan fingerprint density at radius 1 is 1.21 bits per heavy atom. The molecule has 2 aromatic carbocycles. The number of thiazole rings is 1. The Hall–Kier alpha value is -2.78. The van der Waals surface area contributed by atoms with Crippen molar-refractivity contribution in [3.63, 3.8) is 0 Å². The van der Waals surface area contributed by atoms with Crippen LogP contribution in [0.25, 0.3) is 15.3 Å². The largest absolute Gasteiger partial charge is 0.310 e. The molecule has 1 atom stereocenters. The van der Waals surface area contributed by atoms with Crippen LogP contribution in [0.1, 0.15) is 22.1 Å². The molecule has 1 N–H and O–H groups in total. The van der Waals surface area contributed by atoms with Gasteiger partial charge in [0, 0.05) is 11.1 Å². The second kappa shape index (κ2) is 6.93. The Kier molecular flexibility index (Phi) is 4.36. The first-order valence-corrected chi connectivity index (χ1v) is 10.7. The molecule has 0 aliphatic carbocycles. The zero-order valence-electron chi connectivity index (χ0n) is 15.1. The molecule has 0 bridgehead atoms. The van der Waals surface area contributed by atoms with Crippen LogP contribution in [0.4, 0.5) is 14.6 Å². The van der Waals surface area contributed by atoms with E-state index in [1.165, 1.54) is 29.2 Å². The lowest BCUT2D eigenvalue weighted by Crippen LogP contribution is -2.15. The monoisotopic (exact) mass is 428 g/mol. The number of hydrogen-bond donors (Lipinski definition) is 1. The summed E-state index contributed by atoms with van der Waals surface area (Å²) in [6.45, 7) is 1.80. The van der Waals surface area contributed by atoms with Crippen molar-refractivity contribution in [3.8, 4) is 5.13 Å². The van der Waals surface area contributed by atoms with E-state index >= 15 is 0 Å². The second-order valence-electron chi connectivity index (χ2n) is 6.63. The summed E-state index contributed by atoms with van der Waals surface area (Å²) < 4.78 is 31.0. The quantitative estimate of drug-likeness (QED) is 0.496. The van der Waals surface area contributed by atoms with Crippen LogP contribution in [0.3, 0.4) is 0 Å². The average molecular weight is 428 g/mol. The van der Waals surface area contributed by atoms with E-state index in [0.717, 1.165) is 22.3 Å². The smallest absolute Gasteiger partial charge is 0.235 e. The molecule has 3 heterocycles. The van der Waals surface area contributed by atoms with Gasteiger partial charge in [-0.1, -0.05) is 23.5 Å². The molecule has 0 radical (unpaired) electrons. The SMILES string of the molecule is Cc1nn(-c2nc3ccccc3s2)c2c1[C@H](c1cc(F)ccc1F)SCC(=O)N2. The lowest BCUT2D eigenvalue weighted by molar-refractivity contribution is -0.113. The van der Waals surface area contributed by atoms with Crippen LogP contribution in [0.5, 0.6) is 0 Å². The van der Waals surface area contributed by atoms with E-state index < -0.39 is 16.9 Å². The number of hydrogen-bond acceptors (Lipinski definition) is 5. The minimum absolute atomic E-state index is 0.120. The van der Waals surface area contributed by atoms with E-state index in [1.54, 1.807) is 11.6 Å². The van der Waals surface area contributed by atoms with Crippen LogP contribution < -0.4 is 5.32 Å². The minimum atomic E-state index is -0.567. The van der Waals surface area contributed by atoms with Crippen molar-refractivity contribution in [2.24, 2.45) is 0 Å². The van der Waals surface area contributed by atoms with Gasteiger partial charge in [0.05, 0.1) is 26.9 Å². The van der Waals surface area contributed by atoms with Crippen LogP contribution in [0, 0.1) is 18.6 Å². The molecular weight excluding hydrogens is 414 g/mol. The maximum Gasteiger partial charge on any atom is 0.235 e. The highest BCUT2D eigenvalue weighted by molar-refractivity contribution is 8.00. The normalized spacial score (nSPS) is 16.5. The van der Waals surface area contributed by atoms with Gasteiger partial charge in [-0.3, -0.25) is 4.79 Å². The number of benzene rings is 2. The van der Waals surface area contributed by atoms with Crippen molar-refractivity contribution in [2.45, 2.75) is 12.2 Å². The highest BCUT2D eigenvalue weighted by atomic mass is 32.2. The summed E-state index contributed by atoms with van der Waals surface area (Å²) in [6.07, 6.45) is 0. The number of aryl methyl sites for hydroxylation is 1. The number of halogens is 2. The van der Waals surface area contributed by atoms with E-state index in [-0.39, 0.29) is 17.2 Å². The van der Waals surface area contributed by atoms with E-state index in [1.807, 2.05) is 24.3 Å². The maximum absolute atomic E-state index is 14.6. The first-order chi connectivity index (χ1) is 14.0. The van der Waals surface area contributed by atoms with Crippen molar-refractivity contribution in [3.05, 3.63) is 70.9 Å². The maximum atomic E-state index is 14.6. The molecule has 0 fully saturated rings. The summed E-state index contributed by atoms with van der Waals surface area (Å²) in [6, 6.07) is 11.1. The number of thioether (sulfide) groups is 1. The highest BCUT2D eigenvalue weighted by Gasteiger charge is 2.32. The fraction of sp³-hybridized carbons (Fsp3) is 0.150. The van der Waals surface area contributed by atoms with Crippen LogP contribution in [0.15, 0.2) is 42.5 Å². The first kappa shape index (κ1) is 18.3. The predicted molar refractivity (Wildman–Crippen MR) is 111 cm³/mol. The number of para-hydroxylation sites is 1. The number of amides is 1. The molecule has 0 unspecified atom stereocenters. The summed E-state index contributed by atoms with van der Waals surface area (Å²) in [5.74, 6) is -0.697. The van der Waals surface area contributed by atoms with Gasteiger partial charge >= 0.3 is 0 Å². The van der Waals surface area contributed by atoms with Crippen molar-refractivity contribution in [1.82, 2.24) is 14.8 Å². The van der Waals surface area contributed by atoms with E-state index in [4.69, 9.17) is 0 Å². The number of nitrogens with zero attached hydrogens (tertiary/aromatic N) is 3. The van der Waals surface area contributed by atoms with Gasteiger partial charge in [0.2, 0.25) is 11.0 Å². The lowest BCUT2D eigenvalue weighted by Gasteiger charge is -2.16. The number of carbonyl (C=O) groups is 1. The zero-order chi connectivity index (χ0) is 20.1. The molecule has 1 amide bonds. The molecule has 29 heavy (non-hydrogen) atoms. The van der Waals surface area contributed by atoms with Gasteiger partial charge in [0.15, 0.2) is 0 Å². The van der Waals surface area contributed by atoms with Gasteiger partial charge in [-0.25, -0.2) is 13.8 Å². The summed E-state index contributed by atoms with van der Waals surface area (Å²) in [5, 5.41) is 7.49. The third kappa shape index (κ3) is 3.10. The molecule has 146 valence electrons. The Labute approximate surface area is 172 Å².